The number of piperidine rings is 1. The number of rotatable bonds is 1. The molecule has 1 saturated heterocycles. The van der Waals surface area contributed by atoms with Gasteiger partial charge in [0.25, 0.3) is 0 Å². The summed E-state index contributed by atoms with van der Waals surface area (Å²) >= 11 is 0. The first-order valence-corrected chi connectivity index (χ1v) is 5.98. The van der Waals surface area contributed by atoms with Crippen LogP contribution >= 0.6 is 0 Å². The Morgan fingerprint density at radius 3 is 3.13 bits per heavy atom. The number of hydrogen-bond donors (Lipinski definition) is 1. The monoisotopic (exact) mass is 202 g/mol. The van der Waals surface area contributed by atoms with Crippen molar-refractivity contribution in [3.8, 4) is 0 Å². The summed E-state index contributed by atoms with van der Waals surface area (Å²) in [6.45, 7) is 5.73. The molecule has 1 aromatic rings. The molecule has 0 spiro atoms. The highest BCUT2D eigenvalue weighted by Gasteiger charge is 2.38. The van der Waals surface area contributed by atoms with Gasteiger partial charge in [-0.05, 0) is 31.5 Å². The largest absolute Gasteiger partial charge is 0.368 e. The fraction of sp³-hybridized carbons (Fsp3) is 0.538. The van der Waals surface area contributed by atoms with Gasteiger partial charge in [-0.25, -0.2) is 0 Å². The highest BCUT2D eigenvalue weighted by molar-refractivity contribution is 5.62. The molecule has 0 bridgehead atoms. The number of nitrogens with one attached hydrogen (secondary N) is 1. The molecule has 0 radical (unpaired) electrons. The highest BCUT2D eigenvalue weighted by Crippen LogP contribution is 2.42. The third kappa shape index (κ3) is 1.28. The minimum atomic E-state index is 0.717. The lowest BCUT2D eigenvalue weighted by atomic mass is 9.90. The van der Waals surface area contributed by atoms with E-state index < -0.39 is 0 Å². The van der Waals surface area contributed by atoms with Crippen LogP contribution in [-0.2, 0) is 0 Å². The van der Waals surface area contributed by atoms with Gasteiger partial charge in [-0.1, -0.05) is 18.2 Å². The summed E-state index contributed by atoms with van der Waals surface area (Å²) in [5.41, 5.74) is 3.02. The predicted molar refractivity (Wildman–Crippen MR) is 63.5 cm³/mol. The van der Waals surface area contributed by atoms with Gasteiger partial charge in [0, 0.05) is 30.7 Å². The number of fused-ring (bicyclic) bond motifs is 3. The predicted octanol–water partition coefficient (Wildman–Crippen LogP) is 1.97. The quantitative estimate of drug-likeness (QED) is 0.749. The summed E-state index contributed by atoms with van der Waals surface area (Å²) in [6, 6.07) is 9.65. The fourth-order valence-electron chi connectivity index (χ4n) is 3.18. The van der Waals surface area contributed by atoms with E-state index in [-0.39, 0.29) is 0 Å². The van der Waals surface area contributed by atoms with Crippen LogP contribution in [0.3, 0.4) is 0 Å². The summed E-state index contributed by atoms with van der Waals surface area (Å²) in [7, 11) is 0. The zero-order valence-corrected chi connectivity index (χ0v) is 9.24. The lowest BCUT2D eigenvalue weighted by molar-refractivity contribution is 0.406. The molecule has 0 aliphatic carbocycles. The van der Waals surface area contributed by atoms with E-state index in [1.165, 1.54) is 18.7 Å². The molecule has 2 aliphatic heterocycles. The molecular formula is C13H18N2. The van der Waals surface area contributed by atoms with E-state index in [2.05, 4.69) is 41.4 Å². The molecule has 2 heterocycles. The van der Waals surface area contributed by atoms with Crippen molar-refractivity contribution in [3.63, 3.8) is 0 Å². The standard InChI is InChI=1S/C13H18N2/c1-2-15-12-6-4-3-5-10(12)11-9-14-8-7-13(11)15/h3-6,11,13-14H,2,7-9H2,1H3. The number of para-hydroxylation sites is 1. The van der Waals surface area contributed by atoms with Gasteiger partial charge in [0.1, 0.15) is 0 Å². The van der Waals surface area contributed by atoms with Crippen LogP contribution in [0.2, 0.25) is 0 Å². The zero-order valence-electron chi connectivity index (χ0n) is 9.24. The zero-order chi connectivity index (χ0) is 10.3. The SMILES string of the molecule is CCN1c2ccccc2C2CNCCC21. The van der Waals surface area contributed by atoms with E-state index in [9.17, 15) is 0 Å². The van der Waals surface area contributed by atoms with E-state index in [0.717, 1.165) is 25.0 Å². The summed E-state index contributed by atoms with van der Waals surface area (Å²) in [5.74, 6) is 0.717. The Hall–Kier alpha value is -1.02. The van der Waals surface area contributed by atoms with Crippen molar-refractivity contribution < 1.29 is 0 Å². The van der Waals surface area contributed by atoms with Gasteiger partial charge in [-0.3, -0.25) is 0 Å². The van der Waals surface area contributed by atoms with E-state index >= 15 is 0 Å². The van der Waals surface area contributed by atoms with Crippen molar-refractivity contribution in [2.75, 3.05) is 24.5 Å². The molecule has 2 atom stereocenters. The number of anilines is 1. The number of benzene rings is 1. The average molecular weight is 202 g/mol. The van der Waals surface area contributed by atoms with Crippen molar-refractivity contribution in [2.24, 2.45) is 0 Å². The van der Waals surface area contributed by atoms with Crippen LogP contribution < -0.4 is 10.2 Å². The van der Waals surface area contributed by atoms with Gasteiger partial charge >= 0.3 is 0 Å². The van der Waals surface area contributed by atoms with Crippen LogP contribution in [0.4, 0.5) is 5.69 Å². The Morgan fingerprint density at radius 2 is 2.27 bits per heavy atom. The topological polar surface area (TPSA) is 15.3 Å². The van der Waals surface area contributed by atoms with Crippen molar-refractivity contribution in [1.29, 1.82) is 0 Å². The second-order valence-electron chi connectivity index (χ2n) is 4.51. The van der Waals surface area contributed by atoms with Gasteiger partial charge < -0.3 is 10.2 Å². The minimum Gasteiger partial charge on any atom is -0.368 e. The molecule has 2 unspecified atom stereocenters. The first-order valence-electron chi connectivity index (χ1n) is 5.98. The molecule has 1 N–H and O–H groups in total. The molecule has 0 saturated carbocycles. The fourth-order valence-corrected chi connectivity index (χ4v) is 3.18. The number of nitrogens with zero attached hydrogens (tertiary/aromatic N) is 1. The van der Waals surface area contributed by atoms with Crippen molar-refractivity contribution in [3.05, 3.63) is 29.8 Å². The second-order valence-corrected chi connectivity index (χ2v) is 4.51. The Balaban J connectivity index is 2.05. The van der Waals surface area contributed by atoms with Gasteiger partial charge in [-0.2, -0.15) is 0 Å². The normalized spacial score (nSPS) is 28.7. The maximum atomic E-state index is 3.52. The summed E-state index contributed by atoms with van der Waals surface area (Å²) in [5, 5.41) is 3.52. The molecule has 15 heavy (non-hydrogen) atoms. The van der Waals surface area contributed by atoms with Gasteiger partial charge in [-0.15, -0.1) is 0 Å². The van der Waals surface area contributed by atoms with Crippen LogP contribution in [0.25, 0.3) is 0 Å². The second kappa shape index (κ2) is 3.53. The Labute approximate surface area is 91.3 Å². The van der Waals surface area contributed by atoms with E-state index in [1.54, 1.807) is 5.56 Å². The highest BCUT2D eigenvalue weighted by atomic mass is 15.2. The molecule has 2 aliphatic rings. The maximum Gasteiger partial charge on any atom is 0.0405 e. The lowest BCUT2D eigenvalue weighted by Gasteiger charge is -2.33. The molecule has 2 nitrogen and oxygen atoms in total. The molecule has 0 amide bonds. The molecule has 0 aromatic heterocycles. The Kier molecular flexibility index (Phi) is 2.17. The number of likely N-dealkylation sites (N-methyl/N-ethyl adjacent to an activating group) is 1. The van der Waals surface area contributed by atoms with Crippen molar-refractivity contribution in [1.82, 2.24) is 5.32 Å². The smallest absolute Gasteiger partial charge is 0.0405 e. The third-order valence-corrected chi connectivity index (χ3v) is 3.83. The van der Waals surface area contributed by atoms with Gasteiger partial charge in [0.15, 0.2) is 0 Å². The summed E-state index contributed by atoms with van der Waals surface area (Å²) < 4.78 is 0. The molecule has 2 heteroatoms. The Morgan fingerprint density at radius 1 is 1.40 bits per heavy atom. The van der Waals surface area contributed by atoms with Gasteiger partial charge in [0.05, 0.1) is 0 Å². The Bertz CT molecular complexity index is 336. The van der Waals surface area contributed by atoms with Crippen LogP contribution in [0, 0.1) is 0 Å². The van der Waals surface area contributed by atoms with Crippen LogP contribution in [-0.4, -0.2) is 25.7 Å². The minimum absolute atomic E-state index is 0.717. The molecular weight excluding hydrogens is 184 g/mol. The van der Waals surface area contributed by atoms with E-state index in [1.807, 2.05) is 0 Å². The van der Waals surface area contributed by atoms with E-state index in [4.69, 9.17) is 0 Å². The van der Waals surface area contributed by atoms with Gasteiger partial charge in [0.2, 0.25) is 0 Å². The molecule has 80 valence electrons. The molecule has 1 fully saturated rings. The summed E-state index contributed by atoms with van der Waals surface area (Å²) in [6.07, 6.45) is 1.28. The molecule has 3 rings (SSSR count). The van der Waals surface area contributed by atoms with Crippen LogP contribution in [0.1, 0.15) is 24.8 Å². The summed E-state index contributed by atoms with van der Waals surface area (Å²) in [4.78, 5) is 2.58. The van der Waals surface area contributed by atoms with Crippen LogP contribution in [0.15, 0.2) is 24.3 Å². The lowest BCUT2D eigenvalue weighted by Crippen LogP contribution is -2.44. The third-order valence-electron chi connectivity index (χ3n) is 3.83. The first-order chi connectivity index (χ1) is 7.42. The number of hydrogen-bond acceptors (Lipinski definition) is 2. The first kappa shape index (κ1) is 9.22. The molecule has 1 aromatic carbocycles. The van der Waals surface area contributed by atoms with Crippen LogP contribution in [0.5, 0.6) is 0 Å². The van der Waals surface area contributed by atoms with Crippen molar-refractivity contribution in [2.45, 2.75) is 25.3 Å². The van der Waals surface area contributed by atoms with Crippen molar-refractivity contribution >= 4 is 5.69 Å². The van der Waals surface area contributed by atoms with E-state index in [0.29, 0.717) is 0 Å². The maximum absolute atomic E-state index is 3.52. The average Bonchev–Trinajstić information content (AvgIpc) is 2.63.